The van der Waals surface area contributed by atoms with Gasteiger partial charge in [0.2, 0.25) is 0 Å². The van der Waals surface area contributed by atoms with E-state index in [9.17, 15) is 19.2 Å². The monoisotopic (exact) mass is 404 g/mol. The molecule has 0 fully saturated rings. The number of halogens is 1. The zero-order chi connectivity index (χ0) is 21.5. The molecule has 1 N–H and O–H groups in total. The molecule has 1 aromatic heterocycles. The summed E-state index contributed by atoms with van der Waals surface area (Å²) in [4.78, 5) is 24.1. The number of amides is 1. The highest BCUT2D eigenvalue weighted by atomic mass is 19.1. The zero-order valence-corrected chi connectivity index (χ0v) is 16.0. The van der Waals surface area contributed by atoms with Crippen molar-refractivity contribution >= 4 is 23.6 Å². The summed E-state index contributed by atoms with van der Waals surface area (Å²) in [6.07, 6.45) is 1.31. The predicted octanol–water partition coefficient (Wildman–Crippen LogP) is 4.81. The average molecular weight is 404 g/mol. The Morgan fingerprint density at radius 2 is 1.80 bits per heavy atom. The minimum atomic E-state index is -0.624. The van der Waals surface area contributed by atoms with Crippen molar-refractivity contribution in [1.29, 1.82) is 5.26 Å². The Morgan fingerprint density at radius 1 is 1.10 bits per heavy atom. The van der Waals surface area contributed by atoms with E-state index in [2.05, 4.69) is 5.32 Å². The Labute approximate surface area is 172 Å². The average Bonchev–Trinajstić information content (AvgIpc) is 3.21. The molecular formula is C23H17FN2O4. The van der Waals surface area contributed by atoms with Crippen molar-refractivity contribution in [2.75, 3.05) is 11.9 Å². The van der Waals surface area contributed by atoms with Crippen molar-refractivity contribution in [3.05, 3.63) is 83.4 Å². The maximum atomic E-state index is 13.0. The van der Waals surface area contributed by atoms with Gasteiger partial charge in [0.15, 0.2) is 0 Å². The van der Waals surface area contributed by atoms with Crippen LogP contribution in [-0.4, -0.2) is 18.5 Å². The number of hydrogen-bond donors (Lipinski definition) is 1. The Bertz CT molecular complexity index is 1120. The number of carbonyl (C=O) groups is 2. The van der Waals surface area contributed by atoms with Crippen LogP contribution < -0.4 is 5.32 Å². The SMILES string of the molecule is CCOC(=O)c1ccc(NC(=O)C(C#N)=Cc2ccc(-c3ccc(F)cc3)o2)cc1. The largest absolute Gasteiger partial charge is 0.462 e. The van der Waals surface area contributed by atoms with Gasteiger partial charge in [0.1, 0.15) is 29.0 Å². The standard InChI is InChI=1S/C23H17FN2O4/c1-2-29-23(28)16-5-9-19(10-6-16)26-22(27)17(14-25)13-20-11-12-21(30-20)15-3-7-18(24)8-4-15/h3-13H,2H2,1H3,(H,26,27). The maximum absolute atomic E-state index is 13.0. The number of hydrogen-bond acceptors (Lipinski definition) is 5. The molecule has 30 heavy (non-hydrogen) atoms. The Kier molecular flexibility index (Phi) is 6.40. The molecule has 3 aromatic rings. The second kappa shape index (κ2) is 9.34. The molecule has 2 aromatic carbocycles. The molecule has 0 atom stereocenters. The first-order valence-corrected chi connectivity index (χ1v) is 9.06. The molecule has 0 saturated heterocycles. The molecule has 0 bridgehead atoms. The normalized spacial score (nSPS) is 10.9. The Morgan fingerprint density at radius 3 is 2.43 bits per heavy atom. The fraction of sp³-hybridized carbons (Fsp3) is 0.0870. The molecule has 6 nitrogen and oxygen atoms in total. The number of rotatable bonds is 6. The van der Waals surface area contributed by atoms with Crippen LogP contribution in [0.3, 0.4) is 0 Å². The number of nitrogens with one attached hydrogen (secondary N) is 1. The molecule has 0 saturated carbocycles. The van der Waals surface area contributed by atoms with Crippen LogP contribution in [-0.2, 0) is 9.53 Å². The van der Waals surface area contributed by atoms with E-state index >= 15 is 0 Å². The molecule has 0 spiro atoms. The lowest BCUT2D eigenvalue weighted by molar-refractivity contribution is -0.112. The van der Waals surface area contributed by atoms with E-state index in [4.69, 9.17) is 9.15 Å². The minimum absolute atomic E-state index is 0.163. The molecule has 0 aliphatic rings. The summed E-state index contributed by atoms with van der Waals surface area (Å²) in [5, 5.41) is 11.9. The number of ether oxygens (including phenoxy) is 1. The van der Waals surface area contributed by atoms with Gasteiger partial charge >= 0.3 is 5.97 Å². The molecule has 150 valence electrons. The van der Waals surface area contributed by atoms with Crippen LogP contribution >= 0.6 is 0 Å². The van der Waals surface area contributed by atoms with Gasteiger partial charge in [-0.1, -0.05) is 0 Å². The van der Waals surface area contributed by atoms with E-state index in [0.717, 1.165) is 0 Å². The van der Waals surface area contributed by atoms with Crippen LogP contribution in [0.2, 0.25) is 0 Å². The van der Waals surface area contributed by atoms with Crippen LogP contribution in [0.25, 0.3) is 17.4 Å². The molecule has 1 heterocycles. The molecular weight excluding hydrogens is 387 g/mol. The van der Waals surface area contributed by atoms with Gasteiger partial charge in [0, 0.05) is 17.3 Å². The number of esters is 1. The Hall–Kier alpha value is -4.18. The van der Waals surface area contributed by atoms with Gasteiger partial charge in [-0.05, 0) is 67.6 Å². The molecule has 1 amide bonds. The van der Waals surface area contributed by atoms with E-state index in [1.54, 1.807) is 43.3 Å². The third-order valence-corrected chi connectivity index (χ3v) is 4.06. The summed E-state index contributed by atoms with van der Waals surface area (Å²) >= 11 is 0. The highest BCUT2D eigenvalue weighted by Gasteiger charge is 2.12. The van der Waals surface area contributed by atoms with Crippen LogP contribution in [0.5, 0.6) is 0 Å². The zero-order valence-electron chi connectivity index (χ0n) is 16.0. The van der Waals surface area contributed by atoms with Crippen molar-refractivity contribution in [3.8, 4) is 17.4 Å². The first-order chi connectivity index (χ1) is 14.5. The fourth-order valence-corrected chi connectivity index (χ4v) is 2.59. The molecule has 0 aliphatic carbocycles. The van der Waals surface area contributed by atoms with E-state index in [0.29, 0.717) is 28.3 Å². The smallest absolute Gasteiger partial charge is 0.338 e. The molecule has 0 unspecified atom stereocenters. The maximum Gasteiger partial charge on any atom is 0.338 e. The number of anilines is 1. The van der Waals surface area contributed by atoms with E-state index in [-0.39, 0.29) is 18.0 Å². The topological polar surface area (TPSA) is 92.3 Å². The van der Waals surface area contributed by atoms with Crippen LogP contribution in [0.4, 0.5) is 10.1 Å². The van der Waals surface area contributed by atoms with Gasteiger partial charge in [0.25, 0.3) is 5.91 Å². The Balaban J connectivity index is 1.72. The van der Waals surface area contributed by atoms with E-state index < -0.39 is 11.9 Å². The lowest BCUT2D eigenvalue weighted by atomic mass is 10.2. The predicted molar refractivity (Wildman–Crippen MR) is 109 cm³/mol. The first-order valence-electron chi connectivity index (χ1n) is 9.06. The van der Waals surface area contributed by atoms with Crippen LogP contribution in [0.15, 0.2) is 70.7 Å². The summed E-state index contributed by atoms with van der Waals surface area (Å²) in [5.74, 6) is -0.653. The minimum Gasteiger partial charge on any atom is -0.462 e. The molecule has 3 rings (SSSR count). The van der Waals surface area contributed by atoms with Gasteiger partial charge in [-0.3, -0.25) is 4.79 Å². The van der Waals surface area contributed by atoms with E-state index in [1.165, 1.54) is 30.3 Å². The van der Waals surface area contributed by atoms with Gasteiger partial charge in [0.05, 0.1) is 12.2 Å². The third-order valence-electron chi connectivity index (χ3n) is 4.06. The third kappa shape index (κ3) is 5.00. The van der Waals surface area contributed by atoms with Crippen molar-refractivity contribution < 1.29 is 23.1 Å². The second-order valence-corrected chi connectivity index (χ2v) is 6.13. The van der Waals surface area contributed by atoms with Gasteiger partial charge in [-0.15, -0.1) is 0 Å². The highest BCUT2D eigenvalue weighted by molar-refractivity contribution is 6.09. The fourth-order valence-electron chi connectivity index (χ4n) is 2.59. The molecule has 0 radical (unpaired) electrons. The van der Waals surface area contributed by atoms with Crippen molar-refractivity contribution in [2.24, 2.45) is 0 Å². The first kappa shape index (κ1) is 20.6. The number of nitrogens with zero attached hydrogens (tertiary/aromatic N) is 1. The quantitative estimate of drug-likeness (QED) is 0.362. The summed E-state index contributed by atoms with van der Waals surface area (Å²) in [5.41, 5.74) is 1.28. The lowest BCUT2D eigenvalue weighted by Gasteiger charge is -2.06. The summed E-state index contributed by atoms with van der Waals surface area (Å²) in [6, 6.07) is 17.0. The van der Waals surface area contributed by atoms with Crippen LogP contribution in [0.1, 0.15) is 23.0 Å². The summed E-state index contributed by atoms with van der Waals surface area (Å²) in [7, 11) is 0. The van der Waals surface area contributed by atoms with E-state index in [1.807, 2.05) is 6.07 Å². The van der Waals surface area contributed by atoms with Crippen molar-refractivity contribution in [3.63, 3.8) is 0 Å². The number of carbonyl (C=O) groups excluding carboxylic acids is 2. The number of furan rings is 1. The number of nitriles is 1. The lowest BCUT2D eigenvalue weighted by Crippen LogP contribution is -2.13. The van der Waals surface area contributed by atoms with Gasteiger partial charge in [-0.2, -0.15) is 5.26 Å². The number of benzene rings is 2. The molecule has 0 aliphatic heterocycles. The summed E-state index contributed by atoms with van der Waals surface area (Å²) in [6.45, 7) is 1.98. The van der Waals surface area contributed by atoms with Gasteiger partial charge < -0.3 is 14.5 Å². The van der Waals surface area contributed by atoms with Crippen molar-refractivity contribution in [2.45, 2.75) is 6.92 Å². The second-order valence-electron chi connectivity index (χ2n) is 6.13. The highest BCUT2D eigenvalue weighted by Crippen LogP contribution is 2.24. The van der Waals surface area contributed by atoms with Crippen LogP contribution in [0, 0.1) is 17.1 Å². The van der Waals surface area contributed by atoms with Crippen molar-refractivity contribution in [1.82, 2.24) is 0 Å². The van der Waals surface area contributed by atoms with Gasteiger partial charge in [-0.25, -0.2) is 9.18 Å². The molecule has 7 heteroatoms. The summed E-state index contributed by atoms with van der Waals surface area (Å²) < 4.78 is 23.6.